The fourth-order valence-corrected chi connectivity index (χ4v) is 3.44. The van der Waals surface area contributed by atoms with Crippen molar-refractivity contribution in [1.82, 2.24) is 10.2 Å². The summed E-state index contributed by atoms with van der Waals surface area (Å²) in [7, 11) is 1.58. The molecule has 1 saturated heterocycles. The van der Waals surface area contributed by atoms with Gasteiger partial charge >= 0.3 is 0 Å². The Bertz CT molecular complexity index is 832. The van der Waals surface area contributed by atoms with Crippen LogP contribution in [-0.4, -0.2) is 43.0 Å². The van der Waals surface area contributed by atoms with Crippen LogP contribution in [0.4, 0.5) is 0 Å². The average molecular weight is 407 g/mol. The van der Waals surface area contributed by atoms with Crippen molar-refractivity contribution >= 4 is 35.0 Å². The van der Waals surface area contributed by atoms with E-state index in [1.165, 1.54) is 0 Å². The van der Waals surface area contributed by atoms with Crippen LogP contribution in [-0.2, 0) is 0 Å². The highest BCUT2D eigenvalue weighted by Crippen LogP contribution is 2.24. The van der Waals surface area contributed by atoms with Gasteiger partial charge in [-0.3, -0.25) is 9.59 Å². The SMILES string of the molecule is COc1ccc(C(=O)NC2CCN(C(=O)c3cc(Cl)ccc3Cl)CC2)cc1. The Hall–Kier alpha value is -2.24. The number of nitrogens with zero attached hydrogens (tertiary/aromatic N) is 1. The molecule has 0 unspecified atom stereocenters. The lowest BCUT2D eigenvalue weighted by Crippen LogP contribution is -2.46. The Labute approximate surface area is 168 Å². The van der Waals surface area contributed by atoms with Gasteiger partial charge < -0.3 is 15.0 Å². The molecule has 3 rings (SSSR count). The van der Waals surface area contributed by atoms with Crippen LogP contribution in [0.25, 0.3) is 0 Å². The number of piperidine rings is 1. The first-order valence-corrected chi connectivity index (χ1v) is 9.43. The summed E-state index contributed by atoms with van der Waals surface area (Å²) in [5.74, 6) is 0.445. The van der Waals surface area contributed by atoms with Crippen LogP contribution in [0.5, 0.6) is 5.75 Å². The number of hydrogen-bond donors (Lipinski definition) is 1. The van der Waals surface area contributed by atoms with E-state index in [2.05, 4.69) is 5.32 Å². The zero-order valence-corrected chi connectivity index (χ0v) is 16.4. The maximum atomic E-state index is 12.7. The number of carbonyl (C=O) groups is 2. The lowest BCUT2D eigenvalue weighted by molar-refractivity contribution is 0.0698. The monoisotopic (exact) mass is 406 g/mol. The number of ether oxygens (including phenoxy) is 1. The normalized spacial score (nSPS) is 14.7. The van der Waals surface area contributed by atoms with Gasteiger partial charge in [0.1, 0.15) is 5.75 Å². The minimum atomic E-state index is -0.137. The fraction of sp³-hybridized carbons (Fsp3) is 0.300. The first-order valence-electron chi connectivity index (χ1n) is 8.67. The van der Waals surface area contributed by atoms with Gasteiger partial charge in [-0.1, -0.05) is 23.2 Å². The highest BCUT2D eigenvalue weighted by molar-refractivity contribution is 6.35. The van der Waals surface area contributed by atoms with Gasteiger partial charge in [-0.2, -0.15) is 0 Å². The molecule has 27 heavy (non-hydrogen) atoms. The Morgan fingerprint density at radius 2 is 1.74 bits per heavy atom. The van der Waals surface area contributed by atoms with Gasteiger partial charge in [0, 0.05) is 29.7 Å². The second-order valence-electron chi connectivity index (χ2n) is 6.39. The van der Waals surface area contributed by atoms with Crippen molar-refractivity contribution in [1.29, 1.82) is 0 Å². The van der Waals surface area contributed by atoms with E-state index in [1.807, 2.05) is 0 Å². The van der Waals surface area contributed by atoms with Gasteiger partial charge in [0.2, 0.25) is 0 Å². The highest BCUT2D eigenvalue weighted by atomic mass is 35.5. The number of hydrogen-bond acceptors (Lipinski definition) is 3. The van der Waals surface area contributed by atoms with Gasteiger partial charge in [-0.15, -0.1) is 0 Å². The first kappa shape index (κ1) is 19.5. The molecule has 0 aromatic heterocycles. The molecule has 2 aromatic rings. The third-order valence-corrected chi connectivity index (χ3v) is 5.19. The molecule has 2 aromatic carbocycles. The van der Waals surface area contributed by atoms with E-state index in [0.29, 0.717) is 52.9 Å². The molecule has 1 heterocycles. The third kappa shape index (κ3) is 4.73. The molecule has 142 valence electrons. The van der Waals surface area contributed by atoms with Crippen molar-refractivity contribution in [2.45, 2.75) is 18.9 Å². The minimum absolute atomic E-state index is 0.0264. The predicted octanol–water partition coefficient (Wildman–Crippen LogP) is 4.04. The quantitative estimate of drug-likeness (QED) is 0.833. The molecule has 0 aliphatic carbocycles. The molecule has 2 amide bonds. The van der Waals surface area contributed by atoms with Gasteiger partial charge in [0.05, 0.1) is 17.7 Å². The van der Waals surface area contributed by atoms with E-state index in [4.69, 9.17) is 27.9 Å². The molecular weight excluding hydrogens is 387 g/mol. The Morgan fingerprint density at radius 3 is 2.37 bits per heavy atom. The third-order valence-electron chi connectivity index (χ3n) is 4.63. The van der Waals surface area contributed by atoms with E-state index in [0.717, 1.165) is 0 Å². The molecule has 7 heteroatoms. The topological polar surface area (TPSA) is 58.6 Å². The Balaban J connectivity index is 1.56. The van der Waals surface area contributed by atoms with Crippen molar-refractivity contribution < 1.29 is 14.3 Å². The summed E-state index contributed by atoms with van der Waals surface area (Å²) in [6.07, 6.45) is 1.37. The number of halogens is 2. The highest BCUT2D eigenvalue weighted by Gasteiger charge is 2.26. The van der Waals surface area contributed by atoms with E-state index in [9.17, 15) is 9.59 Å². The summed E-state index contributed by atoms with van der Waals surface area (Å²) in [6.45, 7) is 1.10. The molecule has 5 nitrogen and oxygen atoms in total. The van der Waals surface area contributed by atoms with E-state index < -0.39 is 0 Å². The van der Waals surface area contributed by atoms with Crippen molar-refractivity contribution in [2.75, 3.05) is 20.2 Å². The zero-order chi connectivity index (χ0) is 19.4. The first-order chi connectivity index (χ1) is 13.0. The zero-order valence-electron chi connectivity index (χ0n) is 14.9. The maximum absolute atomic E-state index is 12.7. The molecule has 0 atom stereocenters. The summed E-state index contributed by atoms with van der Waals surface area (Å²) in [6, 6.07) is 11.9. The van der Waals surface area contributed by atoms with Crippen molar-refractivity contribution in [3.05, 3.63) is 63.6 Å². The number of likely N-dealkylation sites (tertiary alicyclic amines) is 1. The van der Waals surface area contributed by atoms with Crippen LogP contribution < -0.4 is 10.1 Å². The van der Waals surface area contributed by atoms with E-state index >= 15 is 0 Å². The smallest absolute Gasteiger partial charge is 0.255 e. The average Bonchev–Trinajstić information content (AvgIpc) is 2.70. The molecule has 0 radical (unpaired) electrons. The lowest BCUT2D eigenvalue weighted by Gasteiger charge is -2.32. The van der Waals surface area contributed by atoms with Gasteiger partial charge in [0.15, 0.2) is 0 Å². The summed E-state index contributed by atoms with van der Waals surface area (Å²) in [4.78, 5) is 26.8. The summed E-state index contributed by atoms with van der Waals surface area (Å²) >= 11 is 12.1. The molecule has 1 aliphatic heterocycles. The number of nitrogens with one attached hydrogen (secondary N) is 1. The summed E-state index contributed by atoms with van der Waals surface area (Å²) in [5.41, 5.74) is 0.991. The second kappa shape index (κ2) is 8.63. The number of benzene rings is 2. The Kier molecular flexibility index (Phi) is 6.24. The van der Waals surface area contributed by atoms with Crippen LogP contribution in [0.2, 0.25) is 10.0 Å². The number of amides is 2. The predicted molar refractivity (Wildman–Crippen MR) is 106 cm³/mol. The van der Waals surface area contributed by atoms with Crippen LogP contribution in [0.1, 0.15) is 33.6 Å². The van der Waals surface area contributed by atoms with Crippen LogP contribution in [0.3, 0.4) is 0 Å². The van der Waals surface area contributed by atoms with Crippen molar-refractivity contribution in [2.24, 2.45) is 0 Å². The molecule has 1 aliphatic rings. The van der Waals surface area contributed by atoms with Crippen molar-refractivity contribution in [3.8, 4) is 5.75 Å². The lowest BCUT2D eigenvalue weighted by atomic mass is 10.0. The Morgan fingerprint density at radius 1 is 1.07 bits per heavy atom. The van der Waals surface area contributed by atoms with Gasteiger partial charge in [-0.25, -0.2) is 0 Å². The summed E-state index contributed by atoms with van der Waals surface area (Å²) in [5, 5.41) is 3.89. The second-order valence-corrected chi connectivity index (χ2v) is 7.24. The standard InChI is InChI=1S/C20H20Cl2N2O3/c1-27-16-5-2-13(3-6-16)19(25)23-15-8-10-24(11-9-15)20(26)17-12-14(21)4-7-18(17)22/h2-7,12,15H,8-11H2,1H3,(H,23,25). The van der Waals surface area contributed by atoms with Gasteiger partial charge in [0.25, 0.3) is 11.8 Å². The number of carbonyl (C=O) groups excluding carboxylic acids is 2. The van der Waals surface area contributed by atoms with Crippen LogP contribution in [0.15, 0.2) is 42.5 Å². The van der Waals surface area contributed by atoms with Crippen LogP contribution in [0, 0.1) is 0 Å². The van der Waals surface area contributed by atoms with Crippen molar-refractivity contribution in [3.63, 3.8) is 0 Å². The molecule has 0 saturated carbocycles. The van der Waals surface area contributed by atoms with E-state index in [-0.39, 0.29) is 17.9 Å². The molecule has 0 spiro atoms. The van der Waals surface area contributed by atoms with Crippen LogP contribution >= 0.6 is 23.2 Å². The van der Waals surface area contributed by atoms with E-state index in [1.54, 1.807) is 54.5 Å². The van der Waals surface area contributed by atoms with Gasteiger partial charge in [-0.05, 0) is 55.3 Å². The largest absolute Gasteiger partial charge is 0.497 e. The summed E-state index contributed by atoms with van der Waals surface area (Å²) < 4.78 is 5.10. The number of rotatable bonds is 4. The minimum Gasteiger partial charge on any atom is -0.497 e. The molecule has 1 fully saturated rings. The molecular formula is C20H20Cl2N2O3. The number of methoxy groups -OCH3 is 1. The maximum Gasteiger partial charge on any atom is 0.255 e. The molecule has 0 bridgehead atoms. The fourth-order valence-electron chi connectivity index (χ4n) is 3.07. The molecule has 1 N–H and O–H groups in total.